The first-order valence-electron chi connectivity index (χ1n) is 6.52. The molecule has 0 spiro atoms. The first-order chi connectivity index (χ1) is 9.69. The van der Waals surface area contributed by atoms with Gasteiger partial charge in [0, 0.05) is 18.1 Å². The molecule has 1 N–H and O–H groups in total. The minimum absolute atomic E-state index is 0.150. The SMILES string of the molecule is Fc1cc(CNc2cccc(CCCCl)c2)ccc1Cl. The third-order valence-corrected chi connectivity index (χ3v) is 3.58. The van der Waals surface area contributed by atoms with Crippen molar-refractivity contribution < 1.29 is 4.39 Å². The molecule has 0 bridgehead atoms. The molecule has 0 aliphatic carbocycles. The number of nitrogens with one attached hydrogen (secondary N) is 1. The fraction of sp³-hybridized carbons (Fsp3) is 0.250. The van der Waals surface area contributed by atoms with E-state index in [0.717, 1.165) is 24.1 Å². The quantitative estimate of drug-likeness (QED) is 0.717. The highest BCUT2D eigenvalue weighted by atomic mass is 35.5. The first-order valence-corrected chi connectivity index (χ1v) is 7.43. The number of hydrogen-bond donors (Lipinski definition) is 1. The molecule has 2 rings (SSSR count). The van der Waals surface area contributed by atoms with E-state index < -0.39 is 0 Å². The number of rotatable bonds is 6. The van der Waals surface area contributed by atoms with Crippen LogP contribution in [-0.2, 0) is 13.0 Å². The van der Waals surface area contributed by atoms with Gasteiger partial charge in [-0.1, -0.05) is 29.8 Å². The number of benzene rings is 2. The summed E-state index contributed by atoms with van der Waals surface area (Å²) in [5.74, 6) is 0.281. The standard InChI is InChI=1S/C16H16Cl2FN/c17-8-2-4-12-3-1-5-14(9-12)20-11-13-6-7-15(18)16(19)10-13/h1,3,5-7,9-10,20H,2,4,8,11H2. The molecule has 0 saturated carbocycles. The molecule has 0 aromatic heterocycles. The topological polar surface area (TPSA) is 12.0 Å². The van der Waals surface area contributed by atoms with E-state index in [2.05, 4.69) is 17.4 Å². The normalized spacial score (nSPS) is 10.6. The zero-order valence-corrected chi connectivity index (χ0v) is 12.5. The van der Waals surface area contributed by atoms with Gasteiger partial charge in [-0.15, -0.1) is 11.6 Å². The predicted octanol–water partition coefficient (Wildman–Crippen LogP) is 5.26. The van der Waals surface area contributed by atoms with Crippen molar-refractivity contribution in [3.05, 3.63) is 64.4 Å². The monoisotopic (exact) mass is 311 g/mol. The lowest BCUT2D eigenvalue weighted by molar-refractivity contribution is 0.626. The molecule has 0 aliphatic heterocycles. The maximum Gasteiger partial charge on any atom is 0.142 e. The van der Waals surface area contributed by atoms with Crippen molar-refractivity contribution in [2.24, 2.45) is 0 Å². The molecule has 0 saturated heterocycles. The van der Waals surface area contributed by atoms with Crippen LogP contribution >= 0.6 is 23.2 Å². The van der Waals surface area contributed by atoms with Crippen molar-refractivity contribution in [3.63, 3.8) is 0 Å². The first kappa shape index (κ1) is 15.1. The molecule has 0 amide bonds. The van der Waals surface area contributed by atoms with Crippen molar-refractivity contribution in [1.82, 2.24) is 0 Å². The summed E-state index contributed by atoms with van der Waals surface area (Å²) in [5, 5.41) is 3.43. The molecular weight excluding hydrogens is 296 g/mol. The second-order valence-electron chi connectivity index (χ2n) is 4.59. The smallest absolute Gasteiger partial charge is 0.142 e. The number of aryl methyl sites for hydroxylation is 1. The molecule has 106 valence electrons. The van der Waals surface area contributed by atoms with Gasteiger partial charge in [0.1, 0.15) is 5.82 Å². The Balaban J connectivity index is 1.97. The van der Waals surface area contributed by atoms with E-state index in [-0.39, 0.29) is 10.8 Å². The average Bonchev–Trinajstić information content (AvgIpc) is 2.47. The highest BCUT2D eigenvalue weighted by molar-refractivity contribution is 6.30. The summed E-state index contributed by atoms with van der Waals surface area (Å²) in [7, 11) is 0. The molecule has 0 unspecified atom stereocenters. The van der Waals surface area contributed by atoms with Gasteiger partial charge in [0.15, 0.2) is 0 Å². The van der Waals surface area contributed by atoms with Crippen LogP contribution in [0.2, 0.25) is 5.02 Å². The maximum absolute atomic E-state index is 13.3. The highest BCUT2D eigenvalue weighted by Gasteiger charge is 2.01. The lowest BCUT2D eigenvalue weighted by Gasteiger charge is -2.09. The summed E-state index contributed by atoms with van der Waals surface area (Å²) >= 11 is 11.4. The number of anilines is 1. The second kappa shape index (κ2) is 7.51. The summed E-state index contributed by atoms with van der Waals surface area (Å²) in [4.78, 5) is 0. The fourth-order valence-corrected chi connectivity index (χ4v) is 2.21. The Hall–Kier alpha value is -1.25. The lowest BCUT2D eigenvalue weighted by Crippen LogP contribution is -2.00. The van der Waals surface area contributed by atoms with E-state index in [1.54, 1.807) is 6.07 Å². The Morgan fingerprint density at radius 2 is 1.90 bits per heavy atom. The molecule has 0 radical (unpaired) electrons. The van der Waals surface area contributed by atoms with Gasteiger partial charge in [0.25, 0.3) is 0 Å². The number of hydrogen-bond acceptors (Lipinski definition) is 1. The fourth-order valence-electron chi connectivity index (χ4n) is 1.96. The van der Waals surface area contributed by atoms with Gasteiger partial charge < -0.3 is 5.32 Å². The van der Waals surface area contributed by atoms with Gasteiger partial charge in [-0.2, -0.15) is 0 Å². The minimum atomic E-state index is -0.387. The number of halogens is 3. The highest BCUT2D eigenvalue weighted by Crippen LogP contribution is 2.17. The zero-order valence-electron chi connectivity index (χ0n) is 11.0. The molecule has 0 aliphatic rings. The molecule has 20 heavy (non-hydrogen) atoms. The Morgan fingerprint density at radius 1 is 1.05 bits per heavy atom. The van der Waals surface area contributed by atoms with Crippen LogP contribution in [0.1, 0.15) is 17.5 Å². The molecule has 0 fully saturated rings. The van der Waals surface area contributed by atoms with Crippen LogP contribution < -0.4 is 5.32 Å². The third-order valence-electron chi connectivity index (χ3n) is 3.01. The van der Waals surface area contributed by atoms with Crippen molar-refractivity contribution in [2.75, 3.05) is 11.2 Å². The van der Waals surface area contributed by atoms with Crippen LogP contribution in [-0.4, -0.2) is 5.88 Å². The molecule has 0 atom stereocenters. The lowest BCUT2D eigenvalue weighted by atomic mass is 10.1. The van der Waals surface area contributed by atoms with E-state index in [9.17, 15) is 4.39 Å². The van der Waals surface area contributed by atoms with Crippen molar-refractivity contribution in [1.29, 1.82) is 0 Å². The molecule has 4 heteroatoms. The van der Waals surface area contributed by atoms with E-state index >= 15 is 0 Å². The zero-order chi connectivity index (χ0) is 14.4. The van der Waals surface area contributed by atoms with Gasteiger partial charge in [0.05, 0.1) is 5.02 Å². The summed E-state index contributed by atoms with van der Waals surface area (Å²) in [6.45, 7) is 0.563. The van der Waals surface area contributed by atoms with Gasteiger partial charge in [-0.25, -0.2) is 4.39 Å². The van der Waals surface area contributed by atoms with E-state index in [1.165, 1.54) is 11.6 Å². The molecule has 1 nitrogen and oxygen atoms in total. The van der Waals surface area contributed by atoms with Crippen molar-refractivity contribution in [2.45, 2.75) is 19.4 Å². The van der Waals surface area contributed by atoms with Crippen molar-refractivity contribution in [3.8, 4) is 0 Å². The second-order valence-corrected chi connectivity index (χ2v) is 5.38. The van der Waals surface area contributed by atoms with Crippen LogP contribution in [0.15, 0.2) is 42.5 Å². The summed E-state index contributed by atoms with van der Waals surface area (Å²) in [5.41, 5.74) is 3.13. The predicted molar refractivity (Wildman–Crippen MR) is 84.2 cm³/mol. The van der Waals surface area contributed by atoms with Gasteiger partial charge in [0.2, 0.25) is 0 Å². The Kier molecular flexibility index (Phi) is 5.69. The van der Waals surface area contributed by atoms with E-state index in [1.807, 2.05) is 18.2 Å². The van der Waals surface area contributed by atoms with E-state index in [0.29, 0.717) is 12.4 Å². The summed E-state index contributed by atoms with van der Waals surface area (Å²) in [6.07, 6.45) is 1.93. The third kappa shape index (κ3) is 4.39. The van der Waals surface area contributed by atoms with Crippen LogP contribution in [0, 0.1) is 5.82 Å². The molecule has 0 heterocycles. The van der Waals surface area contributed by atoms with Crippen LogP contribution in [0.3, 0.4) is 0 Å². The van der Waals surface area contributed by atoms with Crippen LogP contribution in [0.25, 0.3) is 0 Å². The van der Waals surface area contributed by atoms with Gasteiger partial charge in [-0.05, 0) is 48.2 Å². The molecule has 2 aromatic carbocycles. The van der Waals surface area contributed by atoms with Crippen LogP contribution in [0.5, 0.6) is 0 Å². The summed E-state index contributed by atoms with van der Waals surface area (Å²) in [6, 6.07) is 13.0. The van der Waals surface area contributed by atoms with Gasteiger partial charge in [-0.3, -0.25) is 0 Å². The van der Waals surface area contributed by atoms with E-state index in [4.69, 9.17) is 23.2 Å². The van der Waals surface area contributed by atoms with Gasteiger partial charge >= 0.3 is 0 Å². The Bertz CT molecular complexity index is 572. The summed E-state index contributed by atoms with van der Waals surface area (Å²) < 4.78 is 13.3. The van der Waals surface area contributed by atoms with Crippen LogP contribution in [0.4, 0.5) is 10.1 Å². The Labute approximate surface area is 128 Å². The Morgan fingerprint density at radius 3 is 2.65 bits per heavy atom. The van der Waals surface area contributed by atoms with Crippen molar-refractivity contribution >= 4 is 28.9 Å². The molecule has 2 aromatic rings. The molecular formula is C16H16Cl2FN. The average molecular weight is 312 g/mol. The number of alkyl halides is 1. The minimum Gasteiger partial charge on any atom is -0.381 e. The largest absolute Gasteiger partial charge is 0.381 e. The maximum atomic E-state index is 13.3.